The summed E-state index contributed by atoms with van der Waals surface area (Å²) in [5.74, 6) is 0.812. The molecule has 2 amide bonds. The average Bonchev–Trinajstić information content (AvgIpc) is 3.30. The van der Waals surface area contributed by atoms with E-state index in [1.807, 2.05) is 37.3 Å². The van der Waals surface area contributed by atoms with Crippen molar-refractivity contribution < 1.29 is 23.8 Å². The Morgan fingerprint density at radius 3 is 2.68 bits per heavy atom. The van der Waals surface area contributed by atoms with E-state index in [0.29, 0.717) is 46.2 Å². The first-order valence-corrected chi connectivity index (χ1v) is 12.1. The van der Waals surface area contributed by atoms with Gasteiger partial charge in [-0.05, 0) is 61.5 Å². The molecule has 2 aliphatic heterocycles. The molecule has 2 N–H and O–H groups in total. The highest BCUT2D eigenvalue weighted by molar-refractivity contribution is 9.10. The highest BCUT2D eigenvalue weighted by atomic mass is 79.9. The number of halogens is 2. The summed E-state index contributed by atoms with van der Waals surface area (Å²) < 4.78 is 18.1. The van der Waals surface area contributed by atoms with Gasteiger partial charge in [-0.15, -0.1) is 0 Å². The second-order valence-electron chi connectivity index (χ2n) is 7.54. The number of fused-ring (bicyclic) bond motifs is 2. The Balaban J connectivity index is 1.55. The van der Waals surface area contributed by atoms with Gasteiger partial charge < -0.3 is 19.5 Å². The summed E-state index contributed by atoms with van der Waals surface area (Å²) in [5, 5.41) is 4.65. The summed E-state index contributed by atoms with van der Waals surface area (Å²) >= 11 is 6.92. The van der Waals surface area contributed by atoms with Gasteiger partial charge in [0.1, 0.15) is 5.75 Å². The second-order valence-corrected chi connectivity index (χ2v) is 9.37. The van der Waals surface area contributed by atoms with E-state index in [1.54, 1.807) is 24.3 Å². The molecule has 8 nitrogen and oxygen atoms in total. The van der Waals surface area contributed by atoms with E-state index in [9.17, 15) is 9.59 Å². The second kappa shape index (κ2) is 9.19. The summed E-state index contributed by atoms with van der Waals surface area (Å²) in [5.41, 5.74) is 4.86. The number of carbonyl (C=O) groups is 2. The summed E-state index contributed by atoms with van der Waals surface area (Å²) in [6.45, 7) is 2.44. The number of nitrogens with zero attached hydrogens (tertiary/aromatic N) is 1. The molecule has 0 saturated carbocycles. The lowest BCUT2D eigenvalue weighted by molar-refractivity contribution is 0.0488. The van der Waals surface area contributed by atoms with Gasteiger partial charge in [0, 0.05) is 25.8 Å². The Hall–Kier alpha value is -3.24. The van der Waals surface area contributed by atoms with E-state index in [2.05, 4.69) is 42.6 Å². The van der Waals surface area contributed by atoms with Crippen molar-refractivity contribution in [1.82, 2.24) is 10.4 Å². The van der Waals surface area contributed by atoms with Crippen molar-refractivity contribution in [3.63, 3.8) is 0 Å². The highest BCUT2D eigenvalue weighted by Crippen LogP contribution is 2.38. The number of benzene rings is 3. The van der Waals surface area contributed by atoms with Crippen molar-refractivity contribution in [2.45, 2.75) is 13.1 Å². The SMILES string of the molecule is CCOc1ccc(Br)cc1[C@@H]1Nc2ccc(Br)cc2C(=O)N1NC(=O)c1ccc2c(c1)OCO2. The molecule has 34 heavy (non-hydrogen) atoms. The molecular weight excluding hydrogens is 570 g/mol. The summed E-state index contributed by atoms with van der Waals surface area (Å²) in [6, 6.07) is 15.8. The minimum absolute atomic E-state index is 0.103. The molecule has 5 rings (SSSR count). The fourth-order valence-corrected chi connectivity index (χ4v) is 4.58. The van der Waals surface area contributed by atoms with E-state index in [4.69, 9.17) is 14.2 Å². The van der Waals surface area contributed by atoms with Crippen LogP contribution in [0.5, 0.6) is 17.2 Å². The number of ether oxygens (including phenoxy) is 3. The number of hydrogen-bond donors (Lipinski definition) is 2. The van der Waals surface area contributed by atoms with Crippen LogP contribution in [0.4, 0.5) is 5.69 Å². The van der Waals surface area contributed by atoms with Gasteiger partial charge in [0.2, 0.25) is 6.79 Å². The average molecular weight is 589 g/mol. The van der Waals surface area contributed by atoms with Crippen LogP contribution in [0.3, 0.4) is 0 Å². The van der Waals surface area contributed by atoms with E-state index < -0.39 is 12.1 Å². The molecular formula is C24H19Br2N3O5. The van der Waals surface area contributed by atoms with Gasteiger partial charge in [-0.25, -0.2) is 5.01 Å². The molecule has 1 atom stereocenters. The third-order valence-electron chi connectivity index (χ3n) is 5.40. The van der Waals surface area contributed by atoms with Crippen molar-refractivity contribution in [1.29, 1.82) is 0 Å². The van der Waals surface area contributed by atoms with Crippen LogP contribution < -0.4 is 25.0 Å². The number of hydrogen-bond acceptors (Lipinski definition) is 6. The predicted molar refractivity (Wildman–Crippen MR) is 132 cm³/mol. The summed E-state index contributed by atoms with van der Waals surface area (Å²) in [6.07, 6.45) is -0.724. The van der Waals surface area contributed by atoms with Crippen LogP contribution in [-0.4, -0.2) is 30.2 Å². The summed E-state index contributed by atoms with van der Waals surface area (Å²) in [7, 11) is 0. The van der Waals surface area contributed by atoms with Gasteiger partial charge >= 0.3 is 0 Å². The van der Waals surface area contributed by atoms with Crippen LogP contribution in [0.2, 0.25) is 0 Å². The number of carbonyl (C=O) groups excluding carboxylic acids is 2. The van der Waals surface area contributed by atoms with Crippen molar-refractivity contribution in [3.8, 4) is 17.2 Å². The first kappa shape index (κ1) is 22.5. The van der Waals surface area contributed by atoms with Crippen molar-refractivity contribution in [2.24, 2.45) is 0 Å². The molecule has 0 unspecified atom stereocenters. The molecule has 0 radical (unpaired) electrons. The lowest BCUT2D eigenvalue weighted by atomic mass is 10.0. The molecule has 3 aromatic rings. The van der Waals surface area contributed by atoms with Gasteiger partial charge in [-0.3, -0.25) is 15.0 Å². The van der Waals surface area contributed by atoms with E-state index in [0.717, 1.165) is 8.95 Å². The van der Waals surface area contributed by atoms with E-state index in [-0.39, 0.29) is 12.7 Å². The zero-order valence-corrected chi connectivity index (χ0v) is 21.1. The molecule has 0 aromatic heterocycles. The normalized spacial score (nSPS) is 16.0. The van der Waals surface area contributed by atoms with Crippen LogP contribution in [0, 0.1) is 0 Å². The monoisotopic (exact) mass is 587 g/mol. The minimum atomic E-state index is -0.724. The zero-order valence-electron chi connectivity index (χ0n) is 17.9. The van der Waals surface area contributed by atoms with Crippen LogP contribution in [0.1, 0.15) is 39.4 Å². The van der Waals surface area contributed by atoms with E-state index in [1.165, 1.54) is 5.01 Å². The Kier molecular flexibility index (Phi) is 6.09. The van der Waals surface area contributed by atoms with Gasteiger partial charge in [0.05, 0.1) is 12.2 Å². The number of nitrogens with one attached hydrogen (secondary N) is 2. The van der Waals surface area contributed by atoms with Crippen LogP contribution in [0.15, 0.2) is 63.5 Å². The topological polar surface area (TPSA) is 89.1 Å². The molecule has 174 valence electrons. The number of amides is 2. The van der Waals surface area contributed by atoms with Gasteiger partial charge in [-0.1, -0.05) is 31.9 Å². The molecule has 0 fully saturated rings. The Labute approximate surface area is 212 Å². The van der Waals surface area contributed by atoms with E-state index >= 15 is 0 Å². The van der Waals surface area contributed by atoms with Crippen molar-refractivity contribution in [2.75, 3.05) is 18.7 Å². The van der Waals surface area contributed by atoms with Gasteiger partial charge in [-0.2, -0.15) is 0 Å². The fourth-order valence-electron chi connectivity index (χ4n) is 3.84. The Morgan fingerprint density at radius 1 is 1.09 bits per heavy atom. The number of anilines is 1. The third kappa shape index (κ3) is 4.19. The standard InChI is InChI=1S/C24H19Br2N3O5/c1-2-32-19-8-5-15(26)11-17(19)22-27-18-6-4-14(25)10-16(18)24(31)29(22)28-23(30)13-3-7-20-21(9-13)34-12-33-20/h3-11,22,27H,2,12H2,1H3,(H,28,30)/t22-/m1/s1. The van der Waals surface area contributed by atoms with Crippen molar-refractivity contribution >= 4 is 49.4 Å². The van der Waals surface area contributed by atoms with Crippen molar-refractivity contribution in [3.05, 3.63) is 80.2 Å². The third-order valence-corrected chi connectivity index (χ3v) is 6.39. The smallest absolute Gasteiger partial charge is 0.276 e. The van der Waals surface area contributed by atoms with Gasteiger partial charge in [0.15, 0.2) is 17.7 Å². The maximum absolute atomic E-state index is 13.6. The first-order chi connectivity index (χ1) is 16.4. The van der Waals surface area contributed by atoms with Crippen LogP contribution in [0.25, 0.3) is 0 Å². The molecule has 0 spiro atoms. The summed E-state index contributed by atoms with van der Waals surface area (Å²) in [4.78, 5) is 26.8. The molecule has 10 heteroatoms. The Morgan fingerprint density at radius 2 is 1.85 bits per heavy atom. The van der Waals surface area contributed by atoms with Gasteiger partial charge in [0.25, 0.3) is 11.8 Å². The molecule has 0 aliphatic carbocycles. The van der Waals surface area contributed by atoms with Crippen LogP contribution >= 0.6 is 31.9 Å². The molecule has 0 bridgehead atoms. The lowest BCUT2D eigenvalue weighted by Crippen LogP contribution is -2.53. The molecule has 0 saturated heterocycles. The quantitative estimate of drug-likeness (QED) is 0.423. The Bertz CT molecular complexity index is 1300. The zero-order chi connectivity index (χ0) is 23.8. The molecule has 2 heterocycles. The van der Waals surface area contributed by atoms with Crippen LogP contribution in [-0.2, 0) is 0 Å². The minimum Gasteiger partial charge on any atom is -0.493 e. The predicted octanol–water partition coefficient (Wildman–Crippen LogP) is 5.25. The lowest BCUT2D eigenvalue weighted by Gasteiger charge is -2.38. The molecule has 2 aliphatic rings. The maximum atomic E-state index is 13.6. The number of hydrazine groups is 1. The highest BCUT2D eigenvalue weighted by Gasteiger charge is 2.36. The number of rotatable bonds is 5. The first-order valence-electron chi connectivity index (χ1n) is 10.5. The largest absolute Gasteiger partial charge is 0.493 e. The maximum Gasteiger partial charge on any atom is 0.276 e. The molecule has 3 aromatic carbocycles. The fraction of sp³-hybridized carbons (Fsp3) is 0.167.